The minimum atomic E-state index is -0.0698. The average molecular weight is 479 g/mol. The Kier molecular flexibility index (Phi) is 6.32. The van der Waals surface area contributed by atoms with Gasteiger partial charge in [0.25, 0.3) is 5.56 Å². The molecule has 0 amide bonds. The fraction of sp³-hybridized carbons (Fsp3) is 0.143. The van der Waals surface area contributed by atoms with Crippen molar-refractivity contribution in [1.29, 1.82) is 0 Å². The van der Waals surface area contributed by atoms with E-state index in [-0.39, 0.29) is 5.56 Å². The summed E-state index contributed by atoms with van der Waals surface area (Å²) in [6, 6.07) is 18.7. The van der Waals surface area contributed by atoms with Gasteiger partial charge in [0.05, 0.1) is 6.20 Å². The predicted molar refractivity (Wildman–Crippen MR) is 141 cm³/mol. The van der Waals surface area contributed by atoms with Crippen LogP contribution in [0.4, 0.5) is 11.6 Å². The molecule has 0 bridgehead atoms. The van der Waals surface area contributed by atoms with Crippen molar-refractivity contribution >= 4 is 22.4 Å². The van der Waals surface area contributed by atoms with Gasteiger partial charge >= 0.3 is 0 Å². The summed E-state index contributed by atoms with van der Waals surface area (Å²) in [4.78, 5) is 16.2. The van der Waals surface area contributed by atoms with Crippen LogP contribution in [0.5, 0.6) is 5.75 Å². The van der Waals surface area contributed by atoms with Crippen LogP contribution < -0.4 is 21.3 Å². The first-order chi connectivity index (χ1) is 17.5. The number of nitrogens with zero attached hydrogens (tertiary/aromatic N) is 4. The van der Waals surface area contributed by atoms with Gasteiger partial charge in [-0.1, -0.05) is 18.2 Å². The molecular formula is C28H26N6O2. The summed E-state index contributed by atoms with van der Waals surface area (Å²) in [5.41, 5.74) is 11.2. The molecule has 0 aliphatic heterocycles. The van der Waals surface area contributed by atoms with Gasteiger partial charge in [-0.15, -0.1) is 5.10 Å². The molecule has 0 fully saturated rings. The third-order valence-corrected chi connectivity index (χ3v) is 6.23. The van der Waals surface area contributed by atoms with Crippen molar-refractivity contribution in [2.24, 2.45) is 0 Å². The van der Waals surface area contributed by atoms with E-state index in [1.807, 2.05) is 42.5 Å². The molecule has 0 saturated heterocycles. The molecule has 2 aromatic carbocycles. The van der Waals surface area contributed by atoms with Crippen LogP contribution >= 0.6 is 0 Å². The van der Waals surface area contributed by atoms with Crippen molar-refractivity contribution in [3.05, 3.63) is 112 Å². The number of pyridine rings is 2. The zero-order valence-electron chi connectivity index (χ0n) is 20.1. The Bertz CT molecular complexity index is 1590. The minimum Gasteiger partial charge on any atom is -0.487 e. The quantitative estimate of drug-likeness (QED) is 0.353. The minimum absolute atomic E-state index is 0.0698. The van der Waals surface area contributed by atoms with E-state index in [1.165, 1.54) is 11.6 Å². The summed E-state index contributed by atoms with van der Waals surface area (Å²) >= 11 is 0. The first kappa shape index (κ1) is 23.0. The SMILES string of the molecule is Cc1cc2c(N)nccc2c(C)c1CNc1cc(OCc2ccc(-n3ccccc3=O)cc2)cnn1. The third-order valence-electron chi connectivity index (χ3n) is 6.23. The number of nitrogen functional groups attached to an aromatic ring is 1. The molecule has 0 aliphatic carbocycles. The highest BCUT2D eigenvalue weighted by Crippen LogP contribution is 2.28. The van der Waals surface area contributed by atoms with Gasteiger partial charge in [0, 0.05) is 42.1 Å². The maximum absolute atomic E-state index is 12.0. The van der Waals surface area contributed by atoms with Gasteiger partial charge in [0.2, 0.25) is 0 Å². The first-order valence-electron chi connectivity index (χ1n) is 11.6. The Hall–Kier alpha value is -4.72. The van der Waals surface area contributed by atoms with E-state index in [9.17, 15) is 4.79 Å². The van der Waals surface area contributed by atoms with Crippen LogP contribution in [0, 0.1) is 13.8 Å². The number of aromatic nitrogens is 4. The molecule has 0 radical (unpaired) electrons. The van der Waals surface area contributed by atoms with E-state index in [0.717, 1.165) is 33.2 Å². The van der Waals surface area contributed by atoms with Crippen LogP contribution in [-0.2, 0) is 13.2 Å². The molecule has 0 aliphatic rings. The van der Waals surface area contributed by atoms with Gasteiger partial charge in [0.1, 0.15) is 18.2 Å². The maximum atomic E-state index is 12.0. The van der Waals surface area contributed by atoms with E-state index >= 15 is 0 Å². The summed E-state index contributed by atoms with van der Waals surface area (Å²) < 4.78 is 7.54. The molecular weight excluding hydrogens is 452 g/mol. The number of hydrogen-bond acceptors (Lipinski definition) is 7. The second-order valence-electron chi connectivity index (χ2n) is 8.58. The van der Waals surface area contributed by atoms with Crippen LogP contribution in [-0.4, -0.2) is 19.7 Å². The number of nitrogens with two attached hydrogens (primary N) is 1. The Morgan fingerprint density at radius 1 is 1.03 bits per heavy atom. The Balaban J connectivity index is 1.25. The number of aryl methyl sites for hydroxylation is 2. The predicted octanol–water partition coefficient (Wildman–Crippen LogP) is 4.57. The number of nitrogens with one attached hydrogen (secondary N) is 1. The number of ether oxygens (including phenoxy) is 1. The molecule has 36 heavy (non-hydrogen) atoms. The molecule has 3 aromatic heterocycles. The standard InChI is InChI=1S/C28H26N6O2/c1-18-13-24-23(10-11-30-28(24)29)19(2)25(18)16-31-26-14-22(15-32-33-26)36-17-20-6-8-21(9-7-20)34-12-4-3-5-27(34)35/h3-15H,16-17H2,1-2H3,(H2,29,30)(H,31,33). The van der Waals surface area contributed by atoms with E-state index in [4.69, 9.17) is 10.5 Å². The smallest absolute Gasteiger partial charge is 0.255 e. The summed E-state index contributed by atoms with van der Waals surface area (Å²) in [7, 11) is 0. The second-order valence-corrected chi connectivity index (χ2v) is 8.58. The number of benzene rings is 2. The van der Waals surface area contributed by atoms with Crippen LogP contribution in [0.15, 0.2) is 84.0 Å². The zero-order chi connectivity index (χ0) is 25.1. The van der Waals surface area contributed by atoms with E-state index in [0.29, 0.717) is 30.5 Å². The summed E-state index contributed by atoms with van der Waals surface area (Å²) in [6.07, 6.45) is 5.07. The van der Waals surface area contributed by atoms with Gasteiger partial charge in [0.15, 0.2) is 5.82 Å². The largest absolute Gasteiger partial charge is 0.487 e. The lowest BCUT2D eigenvalue weighted by molar-refractivity contribution is 0.304. The molecule has 0 saturated carbocycles. The summed E-state index contributed by atoms with van der Waals surface area (Å²) in [5.74, 6) is 1.78. The van der Waals surface area contributed by atoms with E-state index < -0.39 is 0 Å². The number of hydrogen-bond donors (Lipinski definition) is 2. The van der Waals surface area contributed by atoms with E-state index in [2.05, 4.69) is 40.4 Å². The molecule has 180 valence electrons. The first-order valence-corrected chi connectivity index (χ1v) is 11.6. The molecule has 3 heterocycles. The van der Waals surface area contributed by atoms with Crippen LogP contribution in [0.25, 0.3) is 16.5 Å². The Morgan fingerprint density at radius 3 is 2.67 bits per heavy atom. The van der Waals surface area contributed by atoms with Gasteiger partial charge < -0.3 is 15.8 Å². The van der Waals surface area contributed by atoms with Crippen molar-refractivity contribution in [2.45, 2.75) is 27.0 Å². The lowest BCUT2D eigenvalue weighted by Gasteiger charge is -2.15. The van der Waals surface area contributed by atoms with Crippen molar-refractivity contribution in [2.75, 3.05) is 11.1 Å². The lowest BCUT2D eigenvalue weighted by atomic mass is 9.96. The molecule has 0 atom stereocenters. The van der Waals surface area contributed by atoms with Gasteiger partial charge in [-0.25, -0.2) is 4.98 Å². The summed E-state index contributed by atoms with van der Waals surface area (Å²) in [6.45, 7) is 5.12. The van der Waals surface area contributed by atoms with Crippen LogP contribution in [0.3, 0.4) is 0 Å². The highest BCUT2D eigenvalue weighted by molar-refractivity contribution is 5.94. The molecule has 8 nitrogen and oxygen atoms in total. The highest BCUT2D eigenvalue weighted by atomic mass is 16.5. The topological polar surface area (TPSA) is 108 Å². The van der Waals surface area contributed by atoms with E-state index in [1.54, 1.807) is 29.2 Å². The number of rotatable bonds is 7. The van der Waals surface area contributed by atoms with Gasteiger partial charge in [-0.05, 0) is 71.8 Å². The fourth-order valence-corrected chi connectivity index (χ4v) is 4.26. The summed E-state index contributed by atoms with van der Waals surface area (Å²) in [5, 5.41) is 13.7. The molecule has 0 spiro atoms. The Labute approximate surface area is 208 Å². The highest BCUT2D eigenvalue weighted by Gasteiger charge is 2.11. The van der Waals surface area contributed by atoms with Gasteiger partial charge in [-0.3, -0.25) is 9.36 Å². The van der Waals surface area contributed by atoms with Crippen LogP contribution in [0.1, 0.15) is 22.3 Å². The number of fused-ring (bicyclic) bond motifs is 1. The molecule has 3 N–H and O–H groups in total. The van der Waals surface area contributed by atoms with Crippen molar-refractivity contribution in [1.82, 2.24) is 19.7 Å². The van der Waals surface area contributed by atoms with Crippen molar-refractivity contribution in [3.8, 4) is 11.4 Å². The lowest BCUT2D eigenvalue weighted by Crippen LogP contribution is -2.15. The van der Waals surface area contributed by atoms with Gasteiger partial charge in [-0.2, -0.15) is 5.10 Å². The zero-order valence-corrected chi connectivity index (χ0v) is 20.1. The third kappa shape index (κ3) is 4.74. The molecule has 8 heteroatoms. The maximum Gasteiger partial charge on any atom is 0.255 e. The average Bonchev–Trinajstić information content (AvgIpc) is 2.89. The normalized spacial score (nSPS) is 10.9. The number of anilines is 2. The Morgan fingerprint density at radius 2 is 1.86 bits per heavy atom. The molecule has 5 rings (SSSR count). The molecule has 5 aromatic rings. The monoisotopic (exact) mass is 478 g/mol. The molecule has 0 unspecified atom stereocenters. The van der Waals surface area contributed by atoms with Crippen molar-refractivity contribution < 1.29 is 4.74 Å². The fourth-order valence-electron chi connectivity index (χ4n) is 4.26. The van der Waals surface area contributed by atoms with Crippen molar-refractivity contribution in [3.63, 3.8) is 0 Å². The second kappa shape index (κ2) is 9.87. The van der Waals surface area contributed by atoms with Crippen LogP contribution in [0.2, 0.25) is 0 Å².